The average molecular weight is 394 g/mol. The average Bonchev–Trinajstić information content (AvgIpc) is 2.91. The second-order valence-corrected chi connectivity index (χ2v) is 9.29. The lowest BCUT2D eigenvalue weighted by Crippen LogP contribution is -2.65. The highest BCUT2D eigenvalue weighted by Gasteiger charge is 2.49. The fourth-order valence-electron chi connectivity index (χ4n) is 5.67. The normalized spacial score (nSPS) is 30.4. The number of rotatable bonds is 3. The maximum atomic E-state index is 12.9. The molecule has 0 N–H and O–H groups in total. The SMILES string of the molecule is CC(C)[C@H]1CO[C@@H]2CCN(Cc3cccc4cccnc34)C[C@H]3CCC(=O)N1C32. The number of piperidine rings is 1. The van der Waals surface area contributed by atoms with Crippen molar-refractivity contribution >= 4 is 16.8 Å². The lowest BCUT2D eigenvalue weighted by Gasteiger charge is -2.52. The Bertz CT molecular complexity index is 893. The molecule has 4 heterocycles. The molecule has 1 aromatic heterocycles. The van der Waals surface area contributed by atoms with Crippen molar-refractivity contribution in [3.8, 4) is 0 Å². The Kier molecular flexibility index (Phi) is 5.04. The number of carbonyl (C=O) groups is 1. The van der Waals surface area contributed by atoms with Gasteiger partial charge in [0.2, 0.25) is 5.91 Å². The third kappa shape index (κ3) is 3.44. The van der Waals surface area contributed by atoms with Crippen LogP contribution in [0.25, 0.3) is 10.9 Å². The van der Waals surface area contributed by atoms with Crippen LogP contribution in [0.5, 0.6) is 0 Å². The standard InChI is InChI=1S/C24H31N3O2/c1-16(2)20-15-29-21-10-12-26(14-19-8-9-22(28)27(20)24(19)21)13-18-6-3-5-17-7-4-11-25-23(17)18/h3-7,11,16,19-21,24H,8-10,12-15H2,1-2H3/t19-,20-,21-,24?/m1/s1. The number of carbonyl (C=O) groups excluding carboxylic acids is 1. The van der Waals surface area contributed by atoms with E-state index in [0.717, 1.165) is 38.0 Å². The van der Waals surface area contributed by atoms with Crippen LogP contribution in [0.2, 0.25) is 0 Å². The number of hydrogen-bond donors (Lipinski definition) is 0. The predicted molar refractivity (Wildman–Crippen MR) is 113 cm³/mol. The number of nitrogens with zero attached hydrogens (tertiary/aromatic N) is 3. The van der Waals surface area contributed by atoms with E-state index in [1.165, 1.54) is 10.9 Å². The molecule has 5 rings (SSSR count). The molecule has 0 aliphatic carbocycles. The quantitative estimate of drug-likeness (QED) is 0.801. The van der Waals surface area contributed by atoms with E-state index in [2.05, 4.69) is 52.9 Å². The molecule has 5 nitrogen and oxygen atoms in total. The topological polar surface area (TPSA) is 45.7 Å². The van der Waals surface area contributed by atoms with Crippen LogP contribution in [0.4, 0.5) is 0 Å². The van der Waals surface area contributed by atoms with E-state index in [1.54, 1.807) is 0 Å². The molecule has 3 aliphatic rings. The molecule has 3 saturated heterocycles. The number of benzene rings is 1. The number of aromatic nitrogens is 1. The molecule has 3 fully saturated rings. The van der Waals surface area contributed by atoms with E-state index in [-0.39, 0.29) is 18.2 Å². The van der Waals surface area contributed by atoms with Crippen LogP contribution in [0.1, 0.15) is 38.7 Å². The highest BCUT2D eigenvalue weighted by Crippen LogP contribution is 2.38. The Hall–Kier alpha value is -1.98. The van der Waals surface area contributed by atoms with Gasteiger partial charge in [-0.3, -0.25) is 14.7 Å². The minimum atomic E-state index is 0.176. The van der Waals surface area contributed by atoms with Crippen molar-refractivity contribution in [2.45, 2.75) is 57.8 Å². The molecule has 0 radical (unpaired) electrons. The van der Waals surface area contributed by atoms with Crippen molar-refractivity contribution in [1.29, 1.82) is 0 Å². The summed E-state index contributed by atoms with van der Waals surface area (Å²) in [6.07, 6.45) is 4.71. The Morgan fingerprint density at radius 3 is 2.93 bits per heavy atom. The van der Waals surface area contributed by atoms with Crippen molar-refractivity contribution in [3.63, 3.8) is 0 Å². The zero-order chi connectivity index (χ0) is 20.0. The minimum Gasteiger partial charge on any atom is -0.374 e. The number of ether oxygens (including phenoxy) is 1. The first-order chi connectivity index (χ1) is 14.1. The Labute approximate surface area is 173 Å². The summed E-state index contributed by atoms with van der Waals surface area (Å²) in [6, 6.07) is 11.1. The van der Waals surface area contributed by atoms with Crippen molar-refractivity contribution in [2.24, 2.45) is 11.8 Å². The summed E-state index contributed by atoms with van der Waals surface area (Å²) in [5, 5.41) is 1.20. The molecule has 0 bridgehead atoms. The molecule has 1 unspecified atom stereocenters. The molecule has 5 heteroatoms. The summed E-state index contributed by atoms with van der Waals surface area (Å²) in [7, 11) is 0. The van der Waals surface area contributed by atoms with Gasteiger partial charge in [-0.05, 0) is 36.3 Å². The second kappa shape index (κ2) is 7.69. The number of likely N-dealkylation sites (tertiary alicyclic amines) is 1. The number of morpholine rings is 1. The Balaban J connectivity index is 1.40. The molecule has 1 aromatic carbocycles. The monoisotopic (exact) mass is 393 g/mol. The van der Waals surface area contributed by atoms with Gasteiger partial charge in [-0.25, -0.2) is 0 Å². The van der Waals surface area contributed by atoms with Crippen LogP contribution in [0, 0.1) is 11.8 Å². The van der Waals surface area contributed by atoms with Crippen molar-refractivity contribution < 1.29 is 9.53 Å². The molecule has 0 saturated carbocycles. The van der Waals surface area contributed by atoms with Crippen LogP contribution in [-0.4, -0.2) is 58.6 Å². The molecule has 1 amide bonds. The van der Waals surface area contributed by atoms with Crippen LogP contribution >= 0.6 is 0 Å². The van der Waals surface area contributed by atoms with Gasteiger partial charge in [-0.15, -0.1) is 0 Å². The van der Waals surface area contributed by atoms with E-state index >= 15 is 0 Å². The third-order valence-corrected chi connectivity index (χ3v) is 7.14. The maximum absolute atomic E-state index is 12.9. The Morgan fingerprint density at radius 2 is 2.07 bits per heavy atom. The molecule has 3 aliphatic heterocycles. The van der Waals surface area contributed by atoms with Crippen molar-refractivity contribution in [1.82, 2.24) is 14.8 Å². The summed E-state index contributed by atoms with van der Waals surface area (Å²) in [5.74, 6) is 1.26. The van der Waals surface area contributed by atoms with E-state index in [1.807, 2.05) is 12.3 Å². The summed E-state index contributed by atoms with van der Waals surface area (Å²) >= 11 is 0. The van der Waals surface area contributed by atoms with E-state index in [9.17, 15) is 4.79 Å². The molecule has 29 heavy (non-hydrogen) atoms. The number of amides is 1. The maximum Gasteiger partial charge on any atom is 0.223 e. The minimum absolute atomic E-state index is 0.176. The van der Waals surface area contributed by atoms with Gasteiger partial charge < -0.3 is 9.64 Å². The first kappa shape index (κ1) is 19.0. The van der Waals surface area contributed by atoms with Gasteiger partial charge >= 0.3 is 0 Å². The fourth-order valence-corrected chi connectivity index (χ4v) is 5.67. The summed E-state index contributed by atoms with van der Waals surface area (Å²) in [6.45, 7) is 8.05. The van der Waals surface area contributed by atoms with Crippen LogP contribution in [0.15, 0.2) is 36.5 Å². The molecule has 0 spiro atoms. The Morgan fingerprint density at radius 1 is 1.21 bits per heavy atom. The lowest BCUT2D eigenvalue weighted by atomic mass is 9.81. The zero-order valence-electron chi connectivity index (χ0n) is 17.5. The van der Waals surface area contributed by atoms with Gasteiger partial charge in [0.1, 0.15) is 0 Å². The summed E-state index contributed by atoms with van der Waals surface area (Å²) in [4.78, 5) is 22.3. The van der Waals surface area contributed by atoms with Crippen LogP contribution in [0.3, 0.4) is 0 Å². The fraction of sp³-hybridized carbons (Fsp3) is 0.583. The molecular weight excluding hydrogens is 362 g/mol. The number of fused-ring (bicyclic) bond motifs is 1. The molecule has 154 valence electrons. The van der Waals surface area contributed by atoms with Gasteiger partial charge in [0, 0.05) is 37.6 Å². The van der Waals surface area contributed by atoms with E-state index in [0.29, 0.717) is 30.8 Å². The molecule has 4 atom stereocenters. The highest BCUT2D eigenvalue weighted by molar-refractivity contribution is 5.81. The van der Waals surface area contributed by atoms with Gasteiger partial charge in [0.25, 0.3) is 0 Å². The van der Waals surface area contributed by atoms with E-state index in [4.69, 9.17) is 4.74 Å². The third-order valence-electron chi connectivity index (χ3n) is 7.14. The second-order valence-electron chi connectivity index (χ2n) is 9.29. The smallest absolute Gasteiger partial charge is 0.223 e. The van der Waals surface area contributed by atoms with Crippen molar-refractivity contribution in [2.75, 3.05) is 19.7 Å². The highest BCUT2D eigenvalue weighted by atomic mass is 16.5. The summed E-state index contributed by atoms with van der Waals surface area (Å²) in [5.41, 5.74) is 2.39. The molecule has 2 aromatic rings. The molecular formula is C24H31N3O2. The van der Waals surface area contributed by atoms with Crippen LogP contribution in [-0.2, 0) is 16.1 Å². The van der Waals surface area contributed by atoms with Gasteiger partial charge in [-0.1, -0.05) is 38.1 Å². The summed E-state index contributed by atoms with van der Waals surface area (Å²) < 4.78 is 6.36. The van der Waals surface area contributed by atoms with Gasteiger partial charge in [0.15, 0.2) is 0 Å². The number of hydrogen-bond acceptors (Lipinski definition) is 4. The van der Waals surface area contributed by atoms with Gasteiger partial charge in [0.05, 0.1) is 30.3 Å². The van der Waals surface area contributed by atoms with Crippen LogP contribution < -0.4 is 0 Å². The van der Waals surface area contributed by atoms with Crippen molar-refractivity contribution in [3.05, 3.63) is 42.1 Å². The van der Waals surface area contributed by atoms with Gasteiger partial charge in [-0.2, -0.15) is 0 Å². The largest absolute Gasteiger partial charge is 0.374 e. The zero-order valence-corrected chi connectivity index (χ0v) is 17.5. The predicted octanol–water partition coefficient (Wildman–Crippen LogP) is 3.47. The number of pyridine rings is 1. The number of para-hydroxylation sites is 1. The lowest BCUT2D eigenvalue weighted by molar-refractivity contribution is -0.172. The van der Waals surface area contributed by atoms with E-state index < -0.39 is 0 Å². The first-order valence-corrected chi connectivity index (χ1v) is 11.1. The first-order valence-electron chi connectivity index (χ1n) is 11.1.